The second-order valence-corrected chi connectivity index (χ2v) is 4.68. The van der Waals surface area contributed by atoms with Crippen LogP contribution < -0.4 is 10.2 Å². The Balaban J connectivity index is 2.12. The topological polar surface area (TPSA) is 41.1 Å². The summed E-state index contributed by atoms with van der Waals surface area (Å²) in [6.07, 6.45) is 3.07. The average molecular weight is 220 g/mol. The van der Waals surface area contributed by atoms with E-state index in [2.05, 4.69) is 34.0 Å². The van der Waals surface area contributed by atoms with Crippen molar-refractivity contribution < 1.29 is 0 Å². The summed E-state index contributed by atoms with van der Waals surface area (Å²) in [7, 11) is 1.85. The fourth-order valence-corrected chi connectivity index (χ4v) is 2.12. The van der Waals surface area contributed by atoms with Gasteiger partial charge in [-0.2, -0.15) is 4.98 Å². The van der Waals surface area contributed by atoms with Gasteiger partial charge in [0.25, 0.3) is 0 Å². The highest BCUT2D eigenvalue weighted by molar-refractivity contribution is 5.42. The van der Waals surface area contributed by atoms with Crippen LogP contribution >= 0.6 is 0 Å². The normalized spacial score (nSPS) is 25.6. The second-order valence-electron chi connectivity index (χ2n) is 4.68. The number of anilines is 2. The molecule has 1 aliphatic rings. The van der Waals surface area contributed by atoms with E-state index in [-0.39, 0.29) is 0 Å². The first-order chi connectivity index (χ1) is 7.70. The van der Waals surface area contributed by atoms with Crippen LogP contribution in [0.25, 0.3) is 0 Å². The lowest BCUT2D eigenvalue weighted by molar-refractivity contribution is 0.323. The summed E-state index contributed by atoms with van der Waals surface area (Å²) in [6, 6.07) is 1.99. The Kier molecular flexibility index (Phi) is 3.27. The van der Waals surface area contributed by atoms with Crippen LogP contribution in [-0.4, -0.2) is 30.1 Å². The number of rotatable bonds is 2. The number of hydrogen-bond acceptors (Lipinski definition) is 4. The van der Waals surface area contributed by atoms with E-state index in [4.69, 9.17) is 0 Å². The number of hydrogen-bond donors (Lipinski definition) is 1. The SMILES string of the molecule is CNc1nccc(N2CCC(C)C(C)C2)n1. The minimum Gasteiger partial charge on any atom is -0.357 e. The van der Waals surface area contributed by atoms with Crippen molar-refractivity contribution in [1.82, 2.24) is 9.97 Å². The molecule has 1 aromatic rings. The molecule has 2 heterocycles. The van der Waals surface area contributed by atoms with Gasteiger partial charge in [-0.1, -0.05) is 13.8 Å². The Bertz CT molecular complexity index is 353. The van der Waals surface area contributed by atoms with E-state index < -0.39 is 0 Å². The predicted molar refractivity (Wildman–Crippen MR) is 66.7 cm³/mol. The minimum atomic E-state index is 0.698. The van der Waals surface area contributed by atoms with Gasteiger partial charge in [0.05, 0.1) is 0 Å². The van der Waals surface area contributed by atoms with Crippen LogP contribution in [0.3, 0.4) is 0 Å². The van der Waals surface area contributed by atoms with Crippen molar-refractivity contribution in [2.45, 2.75) is 20.3 Å². The molecule has 0 bridgehead atoms. The Morgan fingerprint density at radius 2 is 2.19 bits per heavy atom. The van der Waals surface area contributed by atoms with Gasteiger partial charge < -0.3 is 10.2 Å². The van der Waals surface area contributed by atoms with Crippen molar-refractivity contribution in [2.75, 3.05) is 30.4 Å². The van der Waals surface area contributed by atoms with Gasteiger partial charge in [0.1, 0.15) is 5.82 Å². The van der Waals surface area contributed by atoms with Gasteiger partial charge in [-0.15, -0.1) is 0 Å². The molecule has 2 rings (SSSR count). The largest absolute Gasteiger partial charge is 0.357 e. The Morgan fingerprint density at radius 1 is 1.38 bits per heavy atom. The molecule has 88 valence electrons. The molecule has 1 saturated heterocycles. The molecule has 0 radical (unpaired) electrons. The summed E-state index contributed by atoms with van der Waals surface area (Å²) in [5.41, 5.74) is 0. The third kappa shape index (κ3) is 2.26. The van der Waals surface area contributed by atoms with E-state index in [0.717, 1.165) is 30.7 Å². The third-order valence-electron chi connectivity index (χ3n) is 3.52. The minimum absolute atomic E-state index is 0.698. The average Bonchev–Trinajstić information content (AvgIpc) is 2.33. The maximum atomic E-state index is 4.48. The van der Waals surface area contributed by atoms with Crippen LogP contribution in [-0.2, 0) is 0 Å². The summed E-state index contributed by atoms with van der Waals surface area (Å²) in [5, 5.41) is 2.98. The van der Waals surface area contributed by atoms with Crippen molar-refractivity contribution in [1.29, 1.82) is 0 Å². The lowest BCUT2D eigenvalue weighted by Gasteiger charge is -2.36. The quantitative estimate of drug-likeness (QED) is 0.827. The first-order valence-corrected chi connectivity index (χ1v) is 5.96. The standard InChI is InChI=1S/C12H20N4/c1-9-5-7-16(8-10(9)2)11-4-6-14-12(13-3)15-11/h4,6,9-10H,5,7-8H2,1-3H3,(H,13,14,15). The summed E-state index contributed by atoms with van der Waals surface area (Å²) in [4.78, 5) is 11.0. The lowest BCUT2D eigenvalue weighted by Crippen LogP contribution is -2.38. The molecule has 16 heavy (non-hydrogen) atoms. The lowest BCUT2D eigenvalue weighted by atomic mass is 9.89. The molecule has 1 aromatic heterocycles. The first kappa shape index (κ1) is 11.2. The zero-order valence-electron chi connectivity index (χ0n) is 10.3. The summed E-state index contributed by atoms with van der Waals surface area (Å²) in [5.74, 6) is 3.30. The van der Waals surface area contributed by atoms with Gasteiger partial charge in [0, 0.05) is 26.3 Å². The smallest absolute Gasteiger partial charge is 0.224 e. The van der Waals surface area contributed by atoms with Crippen molar-refractivity contribution in [2.24, 2.45) is 11.8 Å². The molecule has 0 saturated carbocycles. The van der Waals surface area contributed by atoms with Crippen LogP contribution in [0, 0.1) is 11.8 Å². The van der Waals surface area contributed by atoms with E-state index >= 15 is 0 Å². The van der Waals surface area contributed by atoms with Crippen molar-refractivity contribution in [3.63, 3.8) is 0 Å². The molecule has 1 N–H and O–H groups in total. The van der Waals surface area contributed by atoms with E-state index in [1.165, 1.54) is 6.42 Å². The molecule has 0 aliphatic carbocycles. The van der Waals surface area contributed by atoms with Crippen LogP contribution in [0.15, 0.2) is 12.3 Å². The fraction of sp³-hybridized carbons (Fsp3) is 0.667. The van der Waals surface area contributed by atoms with Crippen molar-refractivity contribution in [3.05, 3.63) is 12.3 Å². The number of aromatic nitrogens is 2. The molecule has 0 aromatic carbocycles. The van der Waals surface area contributed by atoms with Gasteiger partial charge in [-0.3, -0.25) is 0 Å². The molecule has 4 nitrogen and oxygen atoms in total. The molecule has 4 heteroatoms. The molecule has 0 amide bonds. The summed E-state index contributed by atoms with van der Waals surface area (Å²) in [6.45, 7) is 6.85. The summed E-state index contributed by atoms with van der Waals surface area (Å²) >= 11 is 0. The van der Waals surface area contributed by atoms with E-state index in [1.807, 2.05) is 19.3 Å². The third-order valence-corrected chi connectivity index (χ3v) is 3.52. The first-order valence-electron chi connectivity index (χ1n) is 5.96. The molecule has 2 atom stereocenters. The second kappa shape index (κ2) is 4.68. The summed E-state index contributed by atoms with van der Waals surface area (Å²) < 4.78 is 0. The van der Waals surface area contributed by atoms with Crippen LogP contribution in [0.1, 0.15) is 20.3 Å². The van der Waals surface area contributed by atoms with Crippen LogP contribution in [0.2, 0.25) is 0 Å². The molecular formula is C12H20N4. The molecule has 1 fully saturated rings. The number of nitrogens with zero attached hydrogens (tertiary/aromatic N) is 3. The number of nitrogens with one attached hydrogen (secondary N) is 1. The highest BCUT2D eigenvalue weighted by atomic mass is 15.2. The van der Waals surface area contributed by atoms with E-state index in [9.17, 15) is 0 Å². The zero-order valence-corrected chi connectivity index (χ0v) is 10.3. The van der Waals surface area contributed by atoms with E-state index in [1.54, 1.807) is 0 Å². The zero-order chi connectivity index (χ0) is 11.5. The van der Waals surface area contributed by atoms with Gasteiger partial charge in [-0.25, -0.2) is 4.98 Å². The predicted octanol–water partition coefficient (Wildman–Crippen LogP) is 2.00. The van der Waals surface area contributed by atoms with Crippen molar-refractivity contribution >= 4 is 11.8 Å². The molecule has 2 unspecified atom stereocenters. The van der Waals surface area contributed by atoms with Crippen molar-refractivity contribution in [3.8, 4) is 0 Å². The van der Waals surface area contributed by atoms with E-state index in [0.29, 0.717) is 5.95 Å². The van der Waals surface area contributed by atoms with Gasteiger partial charge in [0.15, 0.2) is 0 Å². The molecular weight excluding hydrogens is 200 g/mol. The highest BCUT2D eigenvalue weighted by Crippen LogP contribution is 2.25. The Hall–Kier alpha value is -1.32. The molecule has 0 spiro atoms. The van der Waals surface area contributed by atoms with Crippen LogP contribution in [0.5, 0.6) is 0 Å². The van der Waals surface area contributed by atoms with Crippen LogP contribution in [0.4, 0.5) is 11.8 Å². The monoisotopic (exact) mass is 220 g/mol. The highest BCUT2D eigenvalue weighted by Gasteiger charge is 2.23. The Morgan fingerprint density at radius 3 is 2.88 bits per heavy atom. The maximum Gasteiger partial charge on any atom is 0.224 e. The number of piperidine rings is 1. The van der Waals surface area contributed by atoms with Gasteiger partial charge >= 0.3 is 0 Å². The maximum absolute atomic E-state index is 4.48. The molecule has 1 aliphatic heterocycles. The fourth-order valence-electron chi connectivity index (χ4n) is 2.12. The van der Waals surface area contributed by atoms with Gasteiger partial charge in [0.2, 0.25) is 5.95 Å². The Labute approximate surface area is 97.1 Å². The van der Waals surface area contributed by atoms with Gasteiger partial charge in [-0.05, 0) is 24.3 Å².